The molecule has 2 heterocycles. The quantitative estimate of drug-likeness (QED) is 0.352. The number of anilines is 2. The fourth-order valence-corrected chi connectivity index (χ4v) is 4.31. The minimum atomic E-state index is -3.60. The number of alkyl carbamates (subject to hydrolysis) is 1. The molecule has 0 saturated carbocycles. The Hall–Kier alpha value is -3.09. The van der Waals surface area contributed by atoms with Gasteiger partial charge in [-0.1, -0.05) is 23.2 Å². The van der Waals surface area contributed by atoms with Gasteiger partial charge in [0.1, 0.15) is 5.69 Å². The Labute approximate surface area is 219 Å². The molecular formula is C22H27Cl2N7O4S. The van der Waals surface area contributed by atoms with Crippen molar-refractivity contribution in [2.75, 3.05) is 29.9 Å². The van der Waals surface area contributed by atoms with Gasteiger partial charge in [-0.2, -0.15) is 5.10 Å². The predicted octanol–water partition coefficient (Wildman–Crippen LogP) is 4.42. The van der Waals surface area contributed by atoms with Crippen molar-refractivity contribution in [3.8, 4) is 22.5 Å². The SMILES string of the molecule is COC(=O)N[C@@H](C)CNc1nccc(-c2cn(C(C)C)nc2-c2cc(Cl)cc(NS(C)(=O)=O)c2Cl)n1. The molecule has 0 radical (unpaired) electrons. The van der Waals surface area contributed by atoms with Crippen molar-refractivity contribution in [1.29, 1.82) is 0 Å². The van der Waals surface area contributed by atoms with Gasteiger partial charge in [-0.3, -0.25) is 9.40 Å². The molecule has 3 aromatic rings. The van der Waals surface area contributed by atoms with E-state index in [-0.39, 0.29) is 27.8 Å². The topological polar surface area (TPSA) is 140 Å². The highest BCUT2D eigenvalue weighted by molar-refractivity contribution is 7.92. The lowest BCUT2D eigenvalue weighted by atomic mass is 10.0. The summed E-state index contributed by atoms with van der Waals surface area (Å²) in [6.45, 7) is 6.11. The van der Waals surface area contributed by atoms with Crippen molar-refractivity contribution in [3.63, 3.8) is 0 Å². The van der Waals surface area contributed by atoms with E-state index in [1.807, 2.05) is 27.0 Å². The molecule has 0 fully saturated rings. The Morgan fingerprint density at radius 1 is 1.19 bits per heavy atom. The Bertz CT molecular complexity index is 1360. The van der Waals surface area contributed by atoms with Crippen LogP contribution in [-0.2, 0) is 14.8 Å². The third-order valence-corrected chi connectivity index (χ3v) is 6.11. The summed E-state index contributed by atoms with van der Waals surface area (Å²) in [6, 6.07) is 4.56. The van der Waals surface area contributed by atoms with Gasteiger partial charge in [0.15, 0.2) is 0 Å². The molecule has 0 aliphatic carbocycles. The van der Waals surface area contributed by atoms with Gasteiger partial charge in [0.2, 0.25) is 16.0 Å². The van der Waals surface area contributed by atoms with E-state index in [4.69, 9.17) is 28.3 Å². The monoisotopic (exact) mass is 555 g/mol. The zero-order valence-corrected chi connectivity index (χ0v) is 22.7. The number of ether oxygens (including phenoxy) is 1. The van der Waals surface area contributed by atoms with E-state index in [0.29, 0.717) is 35.0 Å². The summed E-state index contributed by atoms with van der Waals surface area (Å²) >= 11 is 12.9. The lowest BCUT2D eigenvalue weighted by molar-refractivity contribution is 0.168. The number of halogens is 2. The first-order valence-electron chi connectivity index (χ1n) is 10.9. The highest BCUT2D eigenvalue weighted by atomic mass is 35.5. The molecular weight excluding hydrogens is 529 g/mol. The van der Waals surface area contributed by atoms with E-state index < -0.39 is 16.1 Å². The second-order valence-corrected chi connectivity index (χ2v) is 10.9. The number of sulfonamides is 1. The number of nitrogens with zero attached hydrogens (tertiary/aromatic N) is 4. The molecule has 1 amide bonds. The van der Waals surface area contributed by atoms with Gasteiger partial charge < -0.3 is 15.4 Å². The molecule has 0 spiro atoms. The minimum absolute atomic E-state index is 0.0220. The third-order valence-electron chi connectivity index (χ3n) is 4.90. The average molecular weight is 556 g/mol. The van der Waals surface area contributed by atoms with Crippen LogP contribution in [0.2, 0.25) is 10.0 Å². The molecule has 3 rings (SSSR count). The standard InChI is InChI=1S/C22H27Cl2N7O4S/c1-12(2)31-11-16(17-6-7-25-21(28-17)26-10-13(3)27-22(32)35-4)20(29-31)15-8-14(23)9-18(19(15)24)30-36(5,33)34/h6-9,11-13,30H,10H2,1-5H3,(H,27,32)(H,25,26,28)/t13-/m0/s1. The van der Waals surface area contributed by atoms with Gasteiger partial charge in [-0.25, -0.2) is 23.2 Å². The maximum atomic E-state index is 11.8. The predicted molar refractivity (Wildman–Crippen MR) is 141 cm³/mol. The Kier molecular flexibility index (Phi) is 8.64. The average Bonchev–Trinajstić information content (AvgIpc) is 3.25. The van der Waals surface area contributed by atoms with Gasteiger partial charge >= 0.3 is 6.09 Å². The summed E-state index contributed by atoms with van der Waals surface area (Å²) in [7, 11) is -2.30. The first kappa shape index (κ1) is 27.5. The van der Waals surface area contributed by atoms with Crippen LogP contribution in [0.5, 0.6) is 0 Å². The number of amides is 1. The van der Waals surface area contributed by atoms with E-state index in [1.165, 1.54) is 13.2 Å². The van der Waals surface area contributed by atoms with Gasteiger partial charge in [-0.05, 0) is 39.0 Å². The van der Waals surface area contributed by atoms with Crippen LogP contribution in [0.25, 0.3) is 22.5 Å². The fourth-order valence-electron chi connectivity index (χ4n) is 3.23. The van der Waals surface area contributed by atoms with Crippen LogP contribution in [0.4, 0.5) is 16.4 Å². The zero-order valence-electron chi connectivity index (χ0n) is 20.3. The largest absolute Gasteiger partial charge is 0.453 e. The number of benzene rings is 1. The molecule has 0 aliphatic heterocycles. The lowest BCUT2D eigenvalue weighted by Crippen LogP contribution is -2.37. The van der Waals surface area contributed by atoms with E-state index >= 15 is 0 Å². The zero-order chi connectivity index (χ0) is 26.6. The van der Waals surface area contributed by atoms with Crippen LogP contribution in [0.1, 0.15) is 26.8 Å². The first-order chi connectivity index (χ1) is 16.9. The third kappa shape index (κ3) is 6.99. The van der Waals surface area contributed by atoms with Crippen LogP contribution in [0.3, 0.4) is 0 Å². The van der Waals surface area contributed by atoms with Gasteiger partial charge in [0.25, 0.3) is 0 Å². The van der Waals surface area contributed by atoms with Crippen molar-refractivity contribution in [2.24, 2.45) is 0 Å². The Morgan fingerprint density at radius 3 is 2.56 bits per heavy atom. The van der Waals surface area contributed by atoms with Crippen LogP contribution in [0.15, 0.2) is 30.6 Å². The summed E-state index contributed by atoms with van der Waals surface area (Å²) < 4.78 is 32.4. The number of methoxy groups -OCH3 is 1. The van der Waals surface area contributed by atoms with E-state index in [9.17, 15) is 13.2 Å². The van der Waals surface area contributed by atoms with Gasteiger partial charge in [0.05, 0.1) is 29.8 Å². The Morgan fingerprint density at radius 2 is 1.92 bits per heavy atom. The molecule has 36 heavy (non-hydrogen) atoms. The second kappa shape index (κ2) is 11.3. The number of aromatic nitrogens is 4. The van der Waals surface area contributed by atoms with Crippen molar-refractivity contribution in [2.45, 2.75) is 32.9 Å². The number of nitrogens with one attached hydrogen (secondary N) is 3. The van der Waals surface area contributed by atoms with E-state index in [2.05, 4.69) is 30.1 Å². The number of carbonyl (C=O) groups is 1. The number of hydrogen-bond acceptors (Lipinski definition) is 8. The molecule has 0 bridgehead atoms. The van der Waals surface area contributed by atoms with Crippen LogP contribution >= 0.6 is 23.2 Å². The normalized spacial score (nSPS) is 12.3. The molecule has 2 aromatic heterocycles. The molecule has 11 nitrogen and oxygen atoms in total. The molecule has 0 aliphatic rings. The Balaban J connectivity index is 2.03. The lowest BCUT2D eigenvalue weighted by Gasteiger charge is -2.14. The summed E-state index contributed by atoms with van der Waals surface area (Å²) in [6.07, 6.45) is 3.91. The minimum Gasteiger partial charge on any atom is -0.453 e. The maximum absolute atomic E-state index is 11.8. The molecule has 1 aromatic carbocycles. The molecule has 3 N–H and O–H groups in total. The highest BCUT2D eigenvalue weighted by Gasteiger charge is 2.21. The van der Waals surface area contributed by atoms with Crippen molar-refractivity contribution < 1.29 is 17.9 Å². The highest BCUT2D eigenvalue weighted by Crippen LogP contribution is 2.40. The summed E-state index contributed by atoms with van der Waals surface area (Å²) in [5, 5.41) is 10.9. The molecule has 0 saturated heterocycles. The van der Waals surface area contributed by atoms with Crippen LogP contribution < -0.4 is 15.4 Å². The van der Waals surface area contributed by atoms with Crippen LogP contribution in [-0.4, -0.2) is 60.2 Å². The van der Waals surface area contributed by atoms with Gasteiger partial charge in [0, 0.05) is 47.2 Å². The fraction of sp³-hybridized carbons (Fsp3) is 0.364. The summed E-state index contributed by atoms with van der Waals surface area (Å²) in [4.78, 5) is 20.2. The van der Waals surface area contributed by atoms with Crippen LogP contribution in [0, 0.1) is 0 Å². The number of hydrogen-bond donors (Lipinski definition) is 3. The number of carbonyl (C=O) groups excluding carboxylic acids is 1. The maximum Gasteiger partial charge on any atom is 0.407 e. The molecule has 194 valence electrons. The first-order valence-corrected chi connectivity index (χ1v) is 13.5. The van der Waals surface area contributed by atoms with Gasteiger partial charge in [-0.15, -0.1) is 0 Å². The summed E-state index contributed by atoms with van der Waals surface area (Å²) in [5.41, 5.74) is 2.25. The molecule has 1 atom stereocenters. The second-order valence-electron chi connectivity index (χ2n) is 8.34. The van der Waals surface area contributed by atoms with Crippen molar-refractivity contribution >= 4 is 51.0 Å². The van der Waals surface area contributed by atoms with E-state index in [0.717, 1.165) is 6.26 Å². The van der Waals surface area contributed by atoms with E-state index in [1.54, 1.807) is 23.0 Å². The van der Waals surface area contributed by atoms with Crippen molar-refractivity contribution in [1.82, 2.24) is 25.1 Å². The number of rotatable bonds is 9. The smallest absolute Gasteiger partial charge is 0.407 e. The molecule has 14 heteroatoms. The molecule has 0 unspecified atom stereocenters. The van der Waals surface area contributed by atoms with Crippen molar-refractivity contribution in [3.05, 3.63) is 40.6 Å². The summed E-state index contributed by atoms with van der Waals surface area (Å²) in [5.74, 6) is 0.339.